The number of hydrogen-bond donors (Lipinski definition) is 1. The Kier molecular flexibility index (Phi) is 5.02. The lowest BCUT2D eigenvalue weighted by Crippen LogP contribution is -2.21. The molecule has 6 nitrogen and oxygen atoms in total. The Hall–Kier alpha value is -2.21. The molecule has 124 valence electrons. The Morgan fingerprint density at radius 3 is 2.87 bits per heavy atom. The Morgan fingerprint density at radius 2 is 2.13 bits per heavy atom. The van der Waals surface area contributed by atoms with Crippen LogP contribution >= 0.6 is 0 Å². The number of aromatic amines is 1. The number of H-pyrrole nitrogens is 1. The van der Waals surface area contributed by atoms with Gasteiger partial charge in [-0.2, -0.15) is 5.10 Å². The van der Waals surface area contributed by atoms with E-state index in [9.17, 15) is 0 Å². The maximum Gasteiger partial charge on any atom is 0.231 e. The molecule has 0 fully saturated rings. The van der Waals surface area contributed by atoms with Crippen LogP contribution in [0.4, 0.5) is 0 Å². The van der Waals surface area contributed by atoms with Crippen molar-refractivity contribution < 1.29 is 14.2 Å². The lowest BCUT2D eigenvalue weighted by molar-refractivity contribution is 0.173. The molecule has 0 atom stereocenters. The van der Waals surface area contributed by atoms with Crippen molar-refractivity contribution in [2.24, 2.45) is 0 Å². The SMILES string of the molecule is CCCOc1cc2c(cc1CN(C)CCc1cn[nH]c1)OCO2. The molecule has 0 saturated carbocycles. The second-order valence-corrected chi connectivity index (χ2v) is 5.76. The number of rotatable bonds is 8. The van der Waals surface area contributed by atoms with Crippen LogP contribution in [-0.4, -0.2) is 42.1 Å². The van der Waals surface area contributed by atoms with E-state index in [1.54, 1.807) is 0 Å². The van der Waals surface area contributed by atoms with Gasteiger partial charge < -0.3 is 19.1 Å². The molecule has 0 spiro atoms. The van der Waals surface area contributed by atoms with E-state index in [-0.39, 0.29) is 6.79 Å². The van der Waals surface area contributed by atoms with Gasteiger partial charge in [0.25, 0.3) is 0 Å². The van der Waals surface area contributed by atoms with Gasteiger partial charge in [-0.25, -0.2) is 0 Å². The quantitative estimate of drug-likeness (QED) is 0.811. The zero-order valence-corrected chi connectivity index (χ0v) is 13.7. The molecular formula is C17H23N3O3. The summed E-state index contributed by atoms with van der Waals surface area (Å²) in [5, 5.41) is 6.82. The van der Waals surface area contributed by atoms with E-state index >= 15 is 0 Å². The molecule has 3 rings (SSSR count). The molecule has 0 amide bonds. The number of benzene rings is 1. The van der Waals surface area contributed by atoms with Crippen LogP contribution < -0.4 is 14.2 Å². The van der Waals surface area contributed by atoms with Crippen molar-refractivity contribution in [1.82, 2.24) is 15.1 Å². The number of likely N-dealkylation sites (N-methyl/N-ethyl adjacent to an activating group) is 1. The first-order valence-electron chi connectivity index (χ1n) is 7.97. The lowest BCUT2D eigenvalue weighted by atomic mass is 10.1. The standard InChI is InChI=1S/C17H23N3O3/c1-3-6-21-15-8-17-16(22-12-23-17)7-14(15)11-20(2)5-4-13-9-18-19-10-13/h7-10H,3-6,11-12H2,1-2H3,(H,18,19). The molecule has 1 aliphatic heterocycles. The smallest absolute Gasteiger partial charge is 0.231 e. The zero-order chi connectivity index (χ0) is 16.1. The van der Waals surface area contributed by atoms with Crippen LogP contribution in [0, 0.1) is 0 Å². The highest BCUT2D eigenvalue weighted by Gasteiger charge is 2.19. The summed E-state index contributed by atoms with van der Waals surface area (Å²) in [6.45, 7) is 4.83. The van der Waals surface area contributed by atoms with E-state index in [2.05, 4.69) is 29.1 Å². The van der Waals surface area contributed by atoms with Gasteiger partial charge in [0.2, 0.25) is 6.79 Å². The van der Waals surface area contributed by atoms with Crippen molar-refractivity contribution in [2.45, 2.75) is 26.3 Å². The minimum atomic E-state index is 0.280. The molecule has 0 bridgehead atoms. The number of hydrogen-bond acceptors (Lipinski definition) is 5. The second-order valence-electron chi connectivity index (χ2n) is 5.76. The first-order valence-corrected chi connectivity index (χ1v) is 7.97. The Balaban J connectivity index is 1.67. The van der Waals surface area contributed by atoms with Gasteiger partial charge in [-0.1, -0.05) is 6.92 Å². The molecule has 1 aromatic carbocycles. The molecule has 2 aromatic rings. The second kappa shape index (κ2) is 7.37. The van der Waals surface area contributed by atoms with Gasteiger partial charge in [0, 0.05) is 30.9 Å². The van der Waals surface area contributed by atoms with Crippen LogP contribution in [0.3, 0.4) is 0 Å². The number of nitrogens with zero attached hydrogens (tertiary/aromatic N) is 2. The van der Waals surface area contributed by atoms with Gasteiger partial charge in [-0.15, -0.1) is 0 Å². The van der Waals surface area contributed by atoms with Crippen LogP contribution in [0.15, 0.2) is 24.5 Å². The van der Waals surface area contributed by atoms with Crippen molar-refractivity contribution >= 4 is 0 Å². The fourth-order valence-corrected chi connectivity index (χ4v) is 2.54. The van der Waals surface area contributed by atoms with E-state index in [0.717, 1.165) is 48.7 Å². The first kappa shape index (κ1) is 15.7. The van der Waals surface area contributed by atoms with Gasteiger partial charge in [0.05, 0.1) is 12.8 Å². The van der Waals surface area contributed by atoms with E-state index < -0.39 is 0 Å². The van der Waals surface area contributed by atoms with Crippen LogP contribution in [0.5, 0.6) is 17.2 Å². The third-order valence-corrected chi connectivity index (χ3v) is 3.79. The summed E-state index contributed by atoms with van der Waals surface area (Å²) in [5.74, 6) is 2.44. The number of aromatic nitrogens is 2. The summed E-state index contributed by atoms with van der Waals surface area (Å²) in [5.41, 5.74) is 2.34. The van der Waals surface area contributed by atoms with Gasteiger partial charge in [-0.05, 0) is 31.5 Å². The Morgan fingerprint density at radius 1 is 1.30 bits per heavy atom. The maximum atomic E-state index is 5.89. The van der Waals surface area contributed by atoms with Crippen LogP contribution in [0.1, 0.15) is 24.5 Å². The summed E-state index contributed by atoms with van der Waals surface area (Å²) >= 11 is 0. The molecule has 0 saturated heterocycles. The predicted molar refractivity (Wildman–Crippen MR) is 87.0 cm³/mol. The van der Waals surface area contributed by atoms with Crippen molar-refractivity contribution in [3.05, 3.63) is 35.7 Å². The average molecular weight is 317 g/mol. The topological polar surface area (TPSA) is 59.6 Å². The van der Waals surface area contributed by atoms with Crippen LogP contribution in [0.25, 0.3) is 0 Å². The van der Waals surface area contributed by atoms with Crippen molar-refractivity contribution in [3.63, 3.8) is 0 Å². The Bertz CT molecular complexity index is 628. The van der Waals surface area contributed by atoms with E-state index in [4.69, 9.17) is 14.2 Å². The molecule has 0 aliphatic carbocycles. The summed E-state index contributed by atoms with van der Waals surface area (Å²) in [7, 11) is 2.11. The van der Waals surface area contributed by atoms with Gasteiger partial charge in [0.15, 0.2) is 11.5 Å². The van der Waals surface area contributed by atoms with Gasteiger partial charge in [0.1, 0.15) is 5.75 Å². The van der Waals surface area contributed by atoms with Crippen molar-refractivity contribution in [1.29, 1.82) is 0 Å². The third kappa shape index (κ3) is 3.96. The average Bonchev–Trinajstić information content (AvgIpc) is 3.21. The molecular weight excluding hydrogens is 294 g/mol. The number of nitrogens with one attached hydrogen (secondary N) is 1. The first-order chi connectivity index (χ1) is 11.3. The monoisotopic (exact) mass is 317 g/mol. The highest BCUT2D eigenvalue weighted by molar-refractivity contribution is 5.51. The minimum absolute atomic E-state index is 0.280. The number of fused-ring (bicyclic) bond motifs is 1. The highest BCUT2D eigenvalue weighted by atomic mass is 16.7. The largest absolute Gasteiger partial charge is 0.493 e. The van der Waals surface area contributed by atoms with Gasteiger partial charge in [-0.3, -0.25) is 5.10 Å². The summed E-state index contributed by atoms with van der Waals surface area (Å²) < 4.78 is 16.8. The molecule has 6 heteroatoms. The molecule has 1 aliphatic rings. The van der Waals surface area contributed by atoms with E-state index in [0.29, 0.717) is 6.61 Å². The zero-order valence-electron chi connectivity index (χ0n) is 13.7. The maximum absolute atomic E-state index is 5.89. The van der Waals surface area contributed by atoms with E-state index in [1.165, 1.54) is 5.56 Å². The molecule has 1 aromatic heterocycles. The summed E-state index contributed by atoms with van der Waals surface area (Å²) in [4.78, 5) is 2.27. The van der Waals surface area contributed by atoms with Crippen LogP contribution in [0.2, 0.25) is 0 Å². The normalized spacial score (nSPS) is 12.8. The fourth-order valence-electron chi connectivity index (χ4n) is 2.54. The van der Waals surface area contributed by atoms with E-state index in [1.807, 2.05) is 24.5 Å². The van der Waals surface area contributed by atoms with Crippen molar-refractivity contribution in [2.75, 3.05) is 27.0 Å². The van der Waals surface area contributed by atoms with Gasteiger partial charge >= 0.3 is 0 Å². The van der Waals surface area contributed by atoms with Crippen LogP contribution in [-0.2, 0) is 13.0 Å². The molecule has 2 heterocycles. The fraction of sp³-hybridized carbons (Fsp3) is 0.471. The number of ether oxygens (including phenoxy) is 3. The lowest BCUT2D eigenvalue weighted by Gasteiger charge is -2.19. The minimum Gasteiger partial charge on any atom is -0.493 e. The Labute approximate surface area is 136 Å². The summed E-state index contributed by atoms with van der Waals surface area (Å²) in [6, 6.07) is 3.97. The molecule has 23 heavy (non-hydrogen) atoms. The highest BCUT2D eigenvalue weighted by Crippen LogP contribution is 2.38. The summed E-state index contributed by atoms with van der Waals surface area (Å²) in [6.07, 6.45) is 5.74. The predicted octanol–water partition coefficient (Wildman–Crippen LogP) is 2.60. The molecule has 1 N–H and O–H groups in total. The molecule has 0 radical (unpaired) electrons. The third-order valence-electron chi connectivity index (χ3n) is 3.79. The van der Waals surface area contributed by atoms with Crippen molar-refractivity contribution in [3.8, 4) is 17.2 Å². The molecule has 0 unspecified atom stereocenters.